The van der Waals surface area contributed by atoms with Crippen molar-refractivity contribution in [3.63, 3.8) is 0 Å². The summed E-state index contributed by atoms with van der Waals surface area (Å²) in [6.45, 7) is 6.69. The Hall–Kier alpha value is -0.0800. The highest BCUT2D eigenvalue weighted by atomic mass is 16.5. The van der Waals surface area contributed by atoms with Crippen LogP contribution < -0.4 is 5.32 Å². The first-order valence-corrected chi connectivity index (χ1v) is 7.05. The smallest absolute Gasteiger partial charge is 0.0509 e. The molecule has 2 atom stereocenters. The van der Waals surface area contributed by atoms with Crippen LogP contribution in [0.15, 0.2) is 0 Å². The maximum Gasteiger partial charge on any atom is 0.0509 e. The minimum absolute atomic E-state index is 0.387. The van der Waals surface area contributed by atoms with Crippen molar-refractivity contribution in [3.05, 3.63) is 0 Å². The Morgan fingerprint density at radius 3 is 2.44 bits per heavy atom. The standard InChI is InChI=1S/C14H27NO/c1-12(13-7-10-16-11-13)15-14(2)8-5-3-4-6-9-14/h12-13,15H,3-11H2,1-2H3. The Bertz CT molecular complexity index is 203. The Balaban J connectivity index is 1.85. The van der Waals surface area contributed by atoms with Gasteiger partial charge in [-0.2, -0.15) is 0 Å². The van der Waals surface area contributed by atoms with E-state index in [0.29, 0.717) is 11.6 Å². The van der Waals surface area contributed by atoms with Crippen molar-refractivity contribution in [3.8, 4) is 0 Å². The summed E-state index contributed by atoms with van der Waals surface area (Å²) in [4.78, 5) is 0. The van der Waals surface area contributed by atoms with Crippen LogP contribution in [0.4, 0.5) is 0 Å². The maximum atomic E-state index is 5.49. The third-order valence-electron chi connectivity index (χ3n) is 4.46. The molecule has 2 fully saturated rings. The van der Waals surface area contributed by atoms with Gasteiger partial charge in [-0.1, -0.05) is 25.7 Å². The largest absolute Gasteiger partial charge is 0.381 e. The molecule has 1 saturated carbocycles. The average Bonchev–Trinajstić information content (AvgIpc) is 2.69. The molecule has 94 valence electrons. The fraction of sp³-hybridized carbons (Fsp3) is 1.00. The van der Waals surface area contributed by atoms with Crippen LogP contribution in [0.2, 0.25) is 0 Å². The van der Waals surface area contributed by atoms with Crippen molar-refractivity contribution < 1.29 is 4.74 Å². The van der Waals surface area contributed by atoms with Crippen LogP contribution >= 0.6 is 0 Å². The molecule has 1 N–H and O–H groups in total. The lowest BCUT2D eigenvalue weighted by molar-refractivity contribution is 0.168. The lowest BCUT2D eigenvalue weighted by Gasteiger charge is -2.35. The number of hydrogen-bond donors (Lipinski definition) is 1. The summed E-state index contributed by atoms with van der Waals surface area (Å²) < 4.78 is 5.49. The minimum Gasteiger partial charge on any atom is -0.381 e. The number of rotatable bonds is 3. The van der Waals surface area contributed by atoms with Crippen molar-refractivity contribution in [1.82, 2.24) is 5.32 Å². The van der Waals surface area contributed by atoms with Crippen molar-refractivity contribution in [2.45, 2.75) is 70.4 Å². The molecule has 0 radical (unpaired) electrons. The van der Waals surface area contributed by atoms with Crippen LogP contribution in [-0.4, -0.2) is 24.8 Å². The number of hydrogen-bond acceptors (Lipinski definition) is 2. The van der Waals surface area contributed by atoms with E-state index >= 15 is 0 Å². The van der Waals surface area contributed by atoms with Gasteiger partial charge in [-0.3, -0.25) is 0 Å². The minimum atomic E-state index is 0.387. The molecular weight excluding hydrogens is 198 g/mol. The van der Waals surface area contributed by atoms with Gasteiger partial charge in [0.15, 0.2) is 0 Å². The fourth-order valence-electron chi connectivity index (χ4n) is 3.27. The molecule has 2 unspecified atom stereocenters. The monoisotopic (exact) mass is 225 g/mol. The third-order valence-corrected chi connectivity index (χ3v) is 4.46. The van der Waals surface area contributed by atoms with Crippen LogP contribution in [-0.2, 0) is 4.74 Å². The van der Waals surface area contributed by atoms with Crippen LogP contribution in [0.5, 0.6) is 0 Å². The highest BCUT2D eigenvalue weighted by Gasteiger charge is 2.30. The summed E-state index contributed by atoms with van der Waals surface area (Å²) in [5.41, 5.74) is 0.387. The van der Waals surface area contributed by atoms with Crippen LogP contribution in [0.3, 0.4) is 0 Å². The van der Waals surface area contributed by atoms with E-state index in [-0.39, 0.29) is 0 Å². The molecule has 0 aromatic carbocycles. The van der Waals surface area contributed by atoms with E-state index in [9.17, 15) is 0 Å². The Kier molecular flexibility index (Phi) is 4.26. The van der Waals surface area contributed by atoms with Crippen LogP contribution in [0.25, 0.3) is 0 Å². The van der Waals surface area contributed by atoms with Crippen LogP contribution in [0.1, 0.15) is 58.8 Å². The van der Waals surface area contributed by atoms with E-state index in [4.69, 9.17) is 4.74 Å². The first-order valence-electron chi connectivity index (χ1n) is 7.05. The topological polar surface area (TPSA) is 21.3 Å². The van der Waals surface area contributed by atoms with Gasteiger partial charge in [-0.25, -0.2) is 0 Å². The average molecular weight is 225 g/mol. The summed E-state index contributed by atoms with van der Waals surface area (Å²) >= 11 is 0. The molecule has 2 nitrogen and oxygen atoms in total. The van der Waals surface area contributed by atoms with Gasteiger partial charge in [0.1, 0.15) is 0 Å². The van der Waals surface area contributed by atoms with Crippen molar-refractivity contribution in [1.29, 1.82) is 0 Å². The van der Waals surface area contributed by atoms with Crippen molar-refractivity contribution in [2.75, 3.05) is 13.2 Å². The zero-order chi connectivity index (χ0) is 11.4. The quantitative estimate of drug-likeness (QED) is 0.745. The molecule has 0 bridgehead atoms. The van der Waals surface area contributed by atoms with E-state index in [1.807, 2.05) is 0 Å². The SMILES string of the molecule is CC(NC1(C)CCCCCC1)C1CCOC1. The third kappa shape index (κ3) is 3.21. The van der Waals surface area contributed by atoms with Crippen molar-refractivity contribution >= 4 is 0 Å². The molecule has 2 rings (SSSR count). The molecule has 16 heavy (non-hydrogen) atoms. The highest BCUT2D eigenvalue weighted by Crippen LogP contribution is 2.28. The van der Waals surface area contributed by atoms with Gasteiger partial charge in [0.05, 0.1) is 6.61 Å². The molecule has 0 spiro atoms. The van der Waals surface area contributed by atoms with Gasteiger partial charge in [0.25, 0.3) is 0 Å². The summed E-state index contributed by atoms with van der Waals surface area (Å²) in [5.74, 6) is 0.736. The van der Waals surface area contributed by atoms with Crippen LogP contribution in [0, 0.1) is 5.92 Å². The second-order valence-electron chi connectivity index (χ2n) is 6.03. The molecule has 0 aromatic heterocycles. The lowest BCUT2D eigenvalue weighted by atomic mass is 9.89. The van der Waals surface area contributed by atoms with E-state index in [1.54, 1.807) is 0 Å². The molecule has 1 aliphatic heterocycles. The summed E-state index contributed by atoms with van der Waals surface area (Å²) in [7, 11) is 0. The molecule has 1 saturated heterocycles. The first kappa shape index (κ1) is 12.4. The zero-order valence-electron chi connectivity index (χ0n) is 10.9. The van der Waals surface area contributed by atoms with Gasteiger partial charge in [-0.05, 0) is 39.0 Å². The van der Waals surface area contributed by atoms with Crippen molar-refractivity contribution in [2.24, 2.45) is 5.92 Å². The summed E-state index contributed by atoms with van der Waals surface area (Å²) in [6.07, 6.45) is 9.60. The maximum absolute atomic E-state index is 5.49. The molecule has 0 aromatic rings. The Labute approximate surface area is 100 Å². The lowest BCUT2D eigenvalue weighted by Crippen LogP contribution is -2.49. The number of nitrogens with one attached hydrogen (secondary N) is 1. The Morgan fingerprint density at radius 1 is 1.19 bits per heavy atom. The van der Waals surface area contributed by atoms with Gasteiger partial charge >= 0.3 is 0 Å². The normalized spacial score (nSPS) is 32.2. The molecular formula is C14H27NO. The van der Waals surface area contributed by atoms with Gasteiger partial charge < -0.3 is 10.1 Å². The van der Waals surface area contributed by atoms with E-state index in [1.165, 1.54) is 44.9 Å². The molecule has 1 aliphatic carbocycles. The van der Waals surface area contributed by atoms with E-state index < -0.39 is 0 Å². The zero-order valence-corrected chi connectivity index (χ0v) is 10.9. The molecule has 0 amide bonds. The molecule has 2 heteroatoms. The summed E-state index contributed by atoms with van der Waals surface area (Å²) in [5, 5.41) is 3.90. The molecule has 2 aliphatic rings. The predicted molar refractivity (Wildman–Crippen MR) is 67.6 cm³/mol. The second kappa shape index (κ2) is 5.50. The number of ether oxygens (including phenoxy) is 1. The Morgan fingerprint density at radius 2 is 1.88 bits per heavy atom. The second-order valence-corrected chi connectivity index (χ2v) is 6.03. The summed E-state index contributed by atoms with van der Waals surface area (Å²) in [6, 6.07) is 0.616. The van der Waals surface area contributed by atoms with Gasteiger partial charge in [-0.15, -0.1) is 0 Å². The van der Waals surface area contributed by atoms with E-state index in [2.05, 4.69) is 19.2 Å². The predicted octanol–water partition coefficient (Wildman–Crippen LogP) is 3.11. The van der Waals surface area contributed by atoms with E-state index in [0.717, 1.165) is 19.1 Å². The van der Waals surface area contributed by atoms with Gasteiger partial charge in [0, 0.05) is 18.2 Å². The molecule has 1 heterocycles. The highest BCUT2D eigenvalue weighted by molar-refractivity contribution is 4.89. The van der Waals surface area contributed by atoms with Gasteiger partial charge in [0.2, 0.25) is 0 Å². The first-order chi connectivity index (χ1) is 7.70. The fourth-order valence-corrected chi connectivity index (χ4v) is 3.27.